The van der Waals surface area contributed by atoms with Crippen LogP contribution < -0.4 is 9.80 Å². The third-order valence-corrected chi connectivity index (χ3v) is 9.46. The fourth-order valence-electron chi connectivity index (χ4n) is 6.11. The number of aliphatic hydroxyl groups is 1. The van der Waals surface area contributed by atoms with Crippen LogP contribution in [0.4, 0.5) is 11.8 Å². The average molecular weight is 475 g/mol. The van der Waals surface area contributed by atoms with E-state index in [1.807, 2.05) is 0 Å². The van der Waals surface area contributed by atoms with Crippen molar-refractivity contribution in [1.82, 2.24) is 19.9 Å². The van der Waals surface area contributed by atoms with E-state index in [4.69, 9.17) is 16.6 Å². The molecule has 4 heterocycles. The summed E-state index contributed by atoms with van der Waals surface area (Å²) in [6, 6.07) is 0. The highest BCUT2D eigenvalue weighted by Crippen LogP contribution is 2.48. The van der Waals surface area contributed by atoms with E-state index in [9.17, 15) is 9.32 Å². The van der Waals surface area contributed by atoms with Gasteiger partial charge in [-0.25, -0.2) is 15.0 Å². The van der Waals surface area contributed by atoms with Crippen molar-refractivity contribution in [3.05, 3.63) is 29.4 Å². The Morgan fingerprint density at radius 3 is 2.47 bits per heavy atom. The summed E-state index contributed by atoms with van der Waals surface area (Å²) in [5.74, 6) is 4.16. The number of fused-ring (bicyclic) bond motifs is 3. The summed E-state index contributed by atoms with van der Waals surface area (Å²) < 4.78 is 12.7. The maximum absolute atomic E-state index is 12.7. The molecule has 170 valence electrons. The van der Waals surface area contributed by atoms with Crippen molar-refractivity contribution >= 4 is 34.2 Å². The van der Waals surface area contributed by atoms with Crippen molar-refractivity contribution in [3.63, 3.8) is 0 Å². The average Bonchev–Trinajstić information content (AvgIpc) is 3.04. The molecule has 2 bridgehead atoms. The zero-order chi connectivity index (χ0) is 21.9. The van der Waals surface area contributed by atoms with Gasteiger partial charge in [-0.15, -0.1) is 0 Å². The molecule has 0 amide bonds. The van der Waals surface area contributed by atoms with Gasteiger partial charge in [-0.1, -0.05) is 11.6 Å². The fraction of sp³-hybridized carbons (Fsp3) is 0.636. The maximum atomic E-state index is 12.7. The summed E-state index contributed by atoms with van der Waals surface area (Å²) in [6.45, 7) is 2.49. The Balaban J connectivity index is 1.29. The highest BCUT2D eigenvalue weighted by Gasteiger charge is 2.47. The van der Waals surface area contributed by atoms with Crippen molar-refractivity contribution in [1.29, 1.82) is 0 Å². The van der Waals surface area contributed by atoms with Crippen LogP contribution in [0.25, 0.3) is 0 Å². The van der Waals surface area contributed by atoms with Crippen LogP contribution in [-0.2, 0) is 10.8 Å². The van der Waals surface area contributed by atoms with Crippen molar-refractivity contribution < 1.29 is 9.32 Å². The van der Waals surface area contributed by atoms with Gasteiger partial charge >= 0.3 is 0 Å². The minimum Gasteiger partial charge on any atom is -0.394 e. The van der Waals surface area contributed by atoms with Gasteiger partial charge in [-0.2, -0.15) is 4.98 Å². The summed E-state index contributed by atoms with van der Waals surface area (Å²) in [5, 5.41) is 10.7. The SMILES string of the molecule is O=[S@]1CCN(C2(CO)CCC2)c2nc(N3CC4CCC(C3)C4c3ncc(Cl)cn3)ncc21. The van der Waals surface area contributed by atoms with Gasteiger partial charge in [0.1, 0.15) is 5.82 Å². The number of hydrogen-bond donors (Lipinski definition) is 1. The Labute approximate surface area is 194 Å². The van der Waals surface area contributed by atoms with E-state index >= 15 is 0 Å². The van der Waals surface area contributed by atoms with Crippen molar-refractivity contribution in [2.24, 2.45) is 11.8 Å². The molecule has 0 radical (unpaired) electrons. The van der Waals surface area contributed by atoms with Crippen molar-refractivity contribution in [2.45, 2.75) is 48.5 Å². The normalized spacial score (nSPS) is 30.7. The topological polar surface area (TPSA) is 95.3 Å². The minimum absolute atomic E-state index is 0.106. The van der Waals surface area contributed by atoms with Crippen LogP contribution in [0, 0.1) is 11.8 Å². The summed E-state index contributed by atoms with van der Waals surface area (Å²) >= 11 is 5.99. The molecule has 1 N–H and O–H groups in total. The van der Waals surface area contributed by atoms with E-state index < -0.39 is 10.8 Å². The zero-order valence-electron chi connectivity index (χ0n) is 17.9. The molecular formula is C22H27ClN6O2S. The molecule has 4 aliphatic rings. The molecule has 2 aromatic rings. The number of aliphatic hydroxyl groups excluding tert-OH is 1. The molecule has 2 aliphatic carbocycles. The van der Waals surface area contributed by atoms with Gasteiger partial charge in [0, 0.05) is 43.7 Å². The van der Waals surface area contributed by atoms with E-state index in [0.29, 0.717) is 45.9 Å². The number of piperidine rings is 1. The molecule has 0 aromatic carbocycles. The highest BCUT2D eigenvalue weighted by molar-refractivity contribution is 7.85. The molecule has 8 nitrogen and oxygen atoms in total. The lowest BCUT2D eigenvalue weighted by Gasteiger charge is -2.51. The number of rotatable bonds is 4. The first-order valence-electron chi connectivity index (χ1n) is 11.4. The Morgan fingerprint density at radius 1 is 1.12 bits per heavy atom. The largest absolute Gasteiger partial charge is 0.394 e. The van der Waals surface area contributed by atoms with Crippen LogP contribution in [-0.4, -0.2) is 66.8 Å². The van der Waals surface area contributed by atoms with Crippen LogP contribution >= 0.6 is 11.6 Å². The Hall–Kier alpha value is -1.84. The molecule has 0 spiro atoms. The first-order chi connectivity index (χ1) is 15.6. The van der Waals surface area contributed by atoms with E-state index in [0.717, 1.165) is 56.8 Å². The monoisotopic (exact) mass is 474 g/mol. The zero-order valence-corrected chi connectivity index (χ0v) is 19.4. The van der Waals surface area contributed by atoms with E-state index in [2.05, 4.69) is 24.8 Å². The van der Waals surface area contributed by atoms with Crippen LogP contribution in [0.2, 0.25) is 5.02 Å². The second kappa shape index (κ2) is 7.88. The van der Waals surface area contributed by atoms with Crippen LogP contribution in [0.15, 0.2) is 23.5 Å². The predicted octanol–water partition coefficient (Wildman–Crippen LogP) is 2.39. The van der Waals surface area contributed by atoms with Gasteiger partial charge in [0.2, 0.25) is 5.95 Å². The van der Waals surface area contributed by atoms with Crippen LogP contribution in [0.3, 0.4) is 0 Å². The Morgan fingerprint density at radius 2 is 1.84 bits per heavy atom. The van der Waals surface area contributed by atoms with Gasteiger partial charge in [0.05, 0.1) is 39.1 Å². The standard InChI is InChI=1S/C22H27ClN6O2S/c23-16-8-24-19(25-9-16)18-14-2-3-15(18)12-28(11-14)21-26-10-17-20(27-21)29(6-7-32(17)31)22(13-30)4-1-5-22/h8-10,14-15,18,30H,1-7,11-13H2/t14?,15?,18?,32-/m0/s1. The van der Waals surface area contributed by atoms with Crippen molar-refractivity contribution in [2.75, 3.05) is 41.8 Å². The van der Waals surface area contributed by atoms with Crippen molar-refractivity contribution in [3.8, 4) is 0 Å². The summed E-state index contributed by atoms with van der Waals surface area (Å²) in [6.07, 6.45) is 10.4. The second-order valence-corrected chi connectivity index (χ2v) is 11.6. The molecule has 2 unspecified atom stereocenters. The van der Waals surface area contributed by atoms with Gasteiger partial charge in [-0.3, -0.25) is 4.21 Å². The predicted molar refractivity (Wildman–Crippen MR) is 123 cm³/mol. The van der Waals surface area contributed by atoms with E-state index in [1.165, 1.54) is 0 Å². The van der Waals surface area contributed by atoms with Gasteiger partial charge in [-0.05, 0) is 43.9 Å². The number of hydrogen-bond acceptors (Lipinski definition) is 8. The number of nitrogens with zero attached hydrogens (tertiary/aromatic N) is 6. The van der Waals surface area contributed by atoms with E-state index in [-0.39, 0.29) is 12.1 Å². The van der Waals surface area contributed by atoms with Gasteiger partial charge < -0.3 is 14.9 Å². The first kappa shape index (κ1) is 20.7. The molecule has 2 aliphatic heterocycles. The highest BCUT2D eigenvalue weighted by atomic mass is 35.5. The summed E-state index contributed by atoms with van der Waals surface area (Å²) in [5.41, 5.74) is -0.261. The summed E-state index contributed by atoms with van der Waals surface area (Å²) in [4.78, 5) is 23.8. The lowest BCUT2D eigenvalue weighted by molar-refractivity contribution is 0.115. The Kier molecular flexibility index (Phi) is 5.11. The number of aromatic nitrogens is 4. The molecule has 3 atom stereocenters. The molecule has 2 saturated carbocycles. The molecule has 3 fully saturated rings. The third-order valence-electron chi connectivity index (χ3n) is 7.93. The van der Waals surface area contributed by atoms with Crippen LogP contribution in [0.1, 0.15) is 43.8 Å². The molecular weight excluding hydrogens is 448 g/mol. The third kappa shape index (κ3) is 3.23. The summed E-state index contributed by atoms with van der Waals surface area (Å²) in [7, 11) is -1.09. The molecule has 6 rings (SSSR count). The number of halogens is 1. The lowest BCUT2D eigenvalue weighted by Crippen LogP contribution is -2.59. The minimum atomic E-state index is -1.09. The molecule has 1 saturated heterocycles. The molecule has 32 heavy (non-hydrogen) atoms. The smallest absolute Gasteiger partial charge is 0.227 e. The fourth-order valence-corrected chi connectivity index (χ4v) is 7.31. The first-order valence-corrected chi connectivity index (χ1v) is 13.1. The lowest BCUT2D eigenvalue weighted by atomic mass is 9.76. The Bertz CT molecular complexity index is 1030. The maximum Gasteiger partial charge on any atom is 0.227 e. The quantitative estimate of drug-likeness (QED) is 0.721. The number of anilines is 2. The molecule has 2 aromatic heterocycles. The second-order valence-electron chi connectivity index (χ2n) is 9.58. The van der Waals surface area contributed by atoms with Gasteiger partial charge in [0.25, 0.3) is 0 Å². The van der Waals surface area contributed by atoms with Crippen LogP contribution in [0.5, 0.6) is 0 Å². The van der Waals surface area contributed by atoms with E-state index in [1.54, 1.807) is 18.6 Å². The molecule has 10 heteroatoms. The van der Waals surface area contributed by atoms with Gasteiger partial charge in [0.15, 0.2) is 5.82 Å².